The van der Waals surface area contributed by atoms with Crippen molar-refractivity contribution in [1.29, 1.82) is 0 Å². The molecule has 5 heteroatoms. The number of urea groups is 1. The van der Waals surface area contributed by atoms with Crippen molar-refractivity contribution in [1.82, 2.24) is 14.9 Å². The number of carbonyl (C=O) groups excluding carboxylic acids is 1. The molecule has 23 heavy (non-hydrogen) atoms. The van der Waals surface area contributed by atoms with Crippen LogP contribution in [-0.4, -0.2) is 34.0 Å². The zero-order valence-electron chi connectivity index (χ0n) is 13.7. The molecule has 2 aromatic rings. The fraction of sp³-hybridized carbons (Fsp3) is 0.444. The van der Waals surface area contributed by atoms with Crippen LogP contribution >= 0.6 is 0 Å². The van der Waals surface area contributed by atoms with Crippen LogP contribution in [-0.2, 0) is 13.0 Å². The molecule has 2 heterocycles. The van der Waals surface area contributed by atoms with Crippen LogP contribution in [0.5, 0.6) is 0 Å². The number of benzene rings is 1. The Kier molecular flexibility index (Phi) is 4.95. The number of hydrogen-bond donors (Lipinski definition) is 1. The van der Waals surface area contributed by atoms with Gasteiger partial charge in [-0.15, -0.1) is 0 Å². The Labute approximate surface area is 137 Å². The van der Waals surface area contributed by atoms with Crippen molar-refractivity contribution >= 4 is 11.8 Å². The van der Waals surface area contributed by atoms with Gasteiger partial charge in [-0.1, -0.05) is 43.7 Å². The first-order chi connectivity index (χ1) is 11.3. The van der Waals surface area contributed by atoms with Gasteiger partial charge in [-0.2, -0.15) is 0 Å². The number of H-pyrrole nitrogens is 1. The number of aromatic amines is 1. The predicted molar refractivity (Wildman–Crippen MR) is 91.4 cm³/mol. The molecule has 0 aliphatic carbocycles. The number of rotatable bonds is 6. The van der Waals surface area contributed by atoms with Gasteiger partial charge in [0.25, 0.3) is 0 Å². The first-order valence-corrected chi connectivity index (χ1v) is 8.42. The van der Waals surface area contributed by atoms with Crippen LogP contribution in [0.3, 0.4) is 0 Å². The molecule has 1 aliphatic heterocycles. The molecule has 3 rings (SSSR count). The van der Waals surface area contributed by atoms with E-state index >= 15 is 0 Å². The van der Waals surface area contributed by atoms with Gasteiger partial charge in [0.2, 0.25) is 0 Å². The number of nitrogens with one attached hydrogen (secondary N) is 1. The van der Waals surface area contributed by atoms with E-state index in [1.165, 1.54) is 0 Å². The summed E-state index contributed by atoms with van der Waals surface area (Å²) in [4.78, 5) is 24.2. The molecular formula is C18H24N4O. The van der Waals surface area contributed by atoms with Gasteiger partial charge in [-0.05, 0) is 18.4 Å². The molecule has 1 N–H and O–H groups in total. The minimum atomic E-state index is 0.0609. The van der Waals surface area contributed by atoms with Crippen LogP contribution in [0.4, 0.5) is 10.6 Å². The standard InChI is InChI=1S/C18H24N4O/c1-2-3-10-16-19-13-17(20-16)22-12-7-11-21(18(22)23)14-15-8-5-4-6-9-15/h4-6,8-9,13H,2-3,7,10-12,14H2,1H3,(H,19,20). The normalized spacial score (nSPS) is 15.3. The van der Waals surface area contributed by atoms with E-state index in [4.69, 9.17) is 0 Å². The highest BCUT2D eigenvalue weighted by atomic mass is 16.2. The number of imidazole rings is 1. The van der Waals surface area contributed by atoms with Crippen LogP contribution in [0.15, 0.2) is 36.5 Å². The van der Waals surface area contributed by atoms with Gasteiger partial charge < -0.3 is 9.88 Å². The van der Waals surface area contributed by atoms with E-state index in [0.717, 1.165) is 56.0 Å². The molecule has 0 radical (unpaired) electrons. The summed E-state index contributed by atoms with van der Waals surface area (Å²) in [7, 11) is 0. The highest BCUT2D eigenvalue weighted by Crippen LogP contribution is 2.20. The number of unbranched alkanes of at least 4 members (excludes halogenated alkanes) is 1. The van der Waals surface area contributed by atoms with Gasteiger partial charge in [-0.3, -0.25) is 4.90 Å². The molecule has 0 spiro atoms. The molecule has 1 fully saturated rings. The lowest BCUT2D eigenvalue weighted by Crippen LogP contribution is -2.49. The number of anilines is 1. The summed E-state index contributed by atoms with van der Waals surface area (Å²) < 4.78 is 0. The Balaban J connectivity index is 1.68. The van der Waals surface area contributed by atoms with Crippen molar-refractivity contribution in [3.63, 3.8) is 0 Å². The molecule has 1 aliphatic rings. The van der Waals surface area contributed by atoms with Gasteiger partial charge in [-0.25, -0.2) is 9.78 Å². The Morgan fingerprint density at radius 1 is 1.22 bits per heavy atom. The molecule has 0 unspecified atom stereocenters. The fourth-order valence-electron chi connectivity index (χ4n) is 2.92. The van der Waals surface area contributed by atoms with Crippen LogP contribution in [0.2, 0.25) is 0 Å². The number of aryl methyl sites for hydroxylation is 1. The van der Waals surface area contributed by atoms with Gasteiger partial charge in [0.1, 0.15) is 11.6 Å². The van der Waals surface area contributed by atoms with Crippen LogP contribution in [0, 0.1) is 0 Å². The second-order valence-electron chi connectivity index (χ2n) is 6.01. The number of aromatic nitrogens is 2. The first kappa shape index (κ1) is 15.6. The summed E-state index contributed by atoms with van der Waals surface area (Å²) in [6.45, 7) is 4.38. The summed E-state index contributed by atoms with van der Waals surface area (Å²) in [6.07, 6.45) is 5.95. The second kappa shape index (κ2) is 7.31. The van der Waals surface area contributed by atoms with E-state index in [1.54, 1.807) is 6.20 Å². The van der Waals surface area contributed by atoms with Crippen molar-refractivity contribution in [3.8, 4) is 0 Å². The van der Waals surface area contributed by atoms with E-state index in [0.29, 0.717) is 6.54 Å². The highest BCUT2D eigenvalue weighted by molar-refractivity contribution is 5.91. The van der Waals surface area contributed by atoms with Crippen molar-refractivity contribution in [2.75, 3.05) is 18.0 Å². The molecule has 1 aromatic carbocycles. The molecule has 1 aromatic heterocycles. The minimum Gasteiger partial charge on any atom is -0.328 e. The average Bonchev–Trinajstić information content (AvgIpc) is 3.04. The maximum Gasteiger partial charge on any atom is 0.325 e. The number of amides is 2. The van der Waals surface area contributed by atoms with E-state index in [-0.39, 0.29) is 6.03 Å². The Hall–Kier alpha value is -2.30. The second-order valence-corrected chi connectivity index (χ2v) is 6.01. The molecule has 2 amide bonds. The topological polar surface area (TPSA) is 52.2 Å². The lowest BCUT2D eigenvalue weighted by atomic mass is 10.2. The SMILES string of the molecule is CCCCc1ncc(N2CCCN(Cc3ccccc3)C2=O)[nH]1. The number of nitrogens with zero attached hydrogens (tertiary/aromatic N) is 3. The number of hydrogen-bond acceptors (Lipinski definition) is 2. The van der Waals surface area contributed by atoms with E-state index in [1.807, 2.05) is 28.0 Å². The predicted octanol–water partition coefficient (Wildman–Crippen LogP) is 3.58. The van der Waals surface area contributed by atoms with E-state index in [2.05, 4.69) is 29.0 Å². The molecule has 0 saturated carbocycles. The summed E-state index contributed by atoms with van der Waals surface area (Å²) in [5, 5.41) is 0. The Morgan fingerprint density at radius 3 is 2.83 bits per heavy atom. The third-order valence-electron chi connectivity index (χ3n) is 4.20. The molecule has 1 saturated heterocycles. The summed E-state index contributed by atoms with van der Waals surface area (Å²) in [6, 6.07) is 10.2. The zero-order valence-corrected chi connectivity index (χ0v) is 13.7. The van der Waals surface area contributed by atoms with Gasteiger partial charge in [0.15, 0.2) is 0 Å². The van der Waals surface area contributed by atoms with E-state index in [9.17, 15) is 4.79 Å². The van der Waals surface area contributed by atoms with Crippen molar-refractivity contribution < 1.29 is 4.79 Å². The molecule has 0 atom stereocenters. The maximum absolute atomic E-state index is 12.8. The van der Waals surface area contributed by atoms with Gasteiger partial charge in [0.05, 0.1) is 6.20 Å². The number of carbonyl (C=O) groups is 1. The van der Waals surface area contributed by atoms with Crippen LogP contribution < -0.4 is 4.90 Å². The summed E-state index contributed by atoms with van der Waals surface area (Å²) >= 11 is 0. The summed E-state index contributed by atoms with van der Waals surface area (Å²) in [5.74, 6) is 1.79. The zero-order chi connectivity index (χ0) is 16.1. The summed E-state index contributed by atoms with van der Waals surface area (Å²) in [5.41, 5.74) is 1.16. The first-order valence-electron chi connectivity index (χ1n) is 8.42. The smallest absolute Gasteiger partial charge is 0.325 e. The monoisotopic (exact) mass is 312 g/mol. The van der Waals surface area contributed by atoms with Crippen molar-refractivity contribution in [3.05, 3.63) is 47.9 Å². The Bertz CT molecular complexity index is 637. The molecule has 122 valence electrons. The molecule has 0 bridgehead atoms. The third kappa shape index (κ3) is 3.73. The van der Waals surface area contributed by atoms with Crippen molar-refractivity contribution in [2.24, 2.45) is 0 Å². The van der Waals surface area contributed by atoms with Crippen LogP contribution in [0.25, 0.3) is 0 Å². The lowest BCUT2D eigenvalue weighted by Gasteiger charge is -2.34. The van der Waals surface area contributed by atoms with Gasteiger partial charge in [0, 0.05) is 26.1 Å². The third-order valence-corrected chi connectivity index (χ3v) is 4.20. The quantitative estimate of drug-likeness (QED) is 0.886. The maximum atomic E-state index is 12.8. The van der Waals surface area contributed by atoms with Gasteiger partial charge >= 0.3 is 6.03 Å². The van der Waals surface area contributed by atoms with Crippen LogP contribution in [0.1, 0.15) is 37.6 Å². The van der Waals surface area contributed by atoms with Crippen molar-refractivity contribution in [2.45, 2.75) is 39.2 Å². The minimum absolute atomic E-state index is 0.0609. The molecule has 5 nitrogen and oxygen atoms in total. The lowest BCUT2D eigenvalue weighted by molar-refractivity contribution is 0.192. The highest BCUT2D eigenvalue weighted by Gasteiger charge is 2.27. The fourth-order valence-corrected chi connectivity index (χ4v) is 2.92. The van der Waals surface area contributed by atoms with E-state index < -0.39 is 0 Å². The largest absolute Gasteiger partial charge is 0.328 e. The average molecular weight is 312 g/mol. The molecular weight excluding hydrogens is 288 g/mol. The Morgan fingerprint density at radius 2 is 2.04 bits per heavy atom.